The molecule has 0 aliphatic carbocycles. The van der Waals surface area contributed by atoms with E-state index in [1.807, 2.05) is 42.7 Å². The Labute approximate surface area is 196 Å². The van der Waals surface area contributed by atoms with Crippen LogP contribution in [-0.2, 0) is 11.3 Å². The number of carbonyl (C=O) groups excluding carboxylic acids is 2. The molecule has 34 heavy (non-hydrogen) atoms. The molecule has 0 fully saturated rings. The van der Waals surface area contributed by atoms with Gasteiger partial charge in [-0.1, -0.05) is 18.2 Å². The summed E-state index contributed by atoms with van der Waals surface area (Å²) in [6.45, 7) is 5.70. The van der Waals surface area contributed by atoms with E-state index in [4.69, 9.17) is 14.2 Å². The molecule has 1 unspecified atom stereocenters. The van der Waals surface area contributed by atoms with Crippen molar-refractivity contribution in [1.82, 2.24) is 4.57 Å². The summed E-state index contributed by atoms with van der Waals surface area (Å²) in [5.74, 6) is 0.231. The van der Waals surface area contributed by atoms with E-state index in [2.05, 4.69) is 0 Å². The van der Waals surface area contributed by atoms with E-state index < -0.39 is 17.5 Å². The number of carbonyl (C=O) groups is 2. The van der Waals surface area contributed by atoms with Gasteiger partial charge in [0.15, 0.2) is 24.2 Å². The largest absolute Gasteiger partial charge is 0.486 e. The molecular formula is C25H24N2O7. The van der Waals surface area contributed by atoms with Gasteiger partial charge in [-0.05, 0) is 45.0 Å². The summed E-state index contributed by atoms with van der Waals surface area (Å²) in [4.78, 5) is 35.7. The van der Waals surface area contributed by atoms with E-state index in [0.29, 0.717) is 35.8 Å². The number of fused-ring (bicyclic) bond motifs is 1. The average molecular weight is 464 g/mol. The first kappa shape index (κ1) is 23.0. The van der Waals surface area contributed by atoms with Crippen LogP contribution in [0, 0.1) is 30.9 Å². The fraction of sp³-hybridized carbons (Fsp3) is 0.280. The molecule has 9 heteroatoms. The molecule has 1 atom stereocenters. The second-order valence-electron chi connectivity index (χ2n) is 8.15. The number of aryl methyl sites for hydroxylation is 2. The Balaban J connectivity index is 1.42. The number of aromatic nitrogens is 1. The minimum absolute atomic E-state index is 0.0188. The van der Waals surface area contributed by atoms with E-state index in [1.54, 1.807) is 13.0 Å². The van der Waals surface area contributed by atoms with Crippen molar-refractivity contribution in [3.63, 3.8) is 0 Å². The standard InChI is InChI=1S/C25H24N2O7/c1-15-8-9-18(11-21(15)27(30)31)25(29)33-14-22(28)20-10-16(2)26(17(20)3)12-19-13-32-23-6-4-5-7-24(23)34-19/h4-11,19H,12-14H2,1-3H3. The summed E-state index contributed by atoms with van der Waals surface area (Å²) in [5.41, 5.74) is 2.31. The summed E-state index contributed by atoms with van der Waals surface area (Å²) < 4.78 is 18.9. The van der Waals surface area contributed by atoms with Crippen LogP contribution in [0.3, 0.4) is 0 Å². The van der Waals surface area contributed by atoms with Gasteiger partial charge in [0.05, 0.1) is 17.0 Å². The van der Waals surface area contributed by atoms with Gasteiger partial charge in [-0.3, -0.25) is 14.9 Å². The van der Waals surface area contributed by atoms with E-state index >= 15 is 0 Å². The van der Waals surface area contributed by atoms with E-state index in [1.165, 1.54) is 12.1 Å². The number of ketones is 1. The second kappa shape index (κ2) is 9.38. The van der Waals surface area contributed by atoms with Gasteiger partial charge in [-0.15, -0.1) is 0 Å². The topological polar surface area (TPSA) is 110 Å². The van der Waals surface area contributed by atoms with Crippen molar-refractivity contribution in [2.45, 2.75) is 33.4 Å². The van der Waals surface area contributed by atoms with Crippen LogP contribution in [0.15, 0.2) is 48.5 Å². The zero-order chi connectivity index (χ0) is 24.4. The normalized spacial score (nSPS) is 14.5. The summed E-state index contributed by atoms with van der Waals surface area (Å²) in [7, 11) is 0. The molecule has 4 rings (SSSR count). The van der Waals surface area contributed by atoms with Crippen LogP contribution >= 0.6 is 0 Å². The van der Waals surface area contributed by atoms with Gasteiger partial charge in [0.2, 0.25) is 5.78 Å². The SMILES string of the molecule is Cc1ccc(C(=O)OCC(=O)c2cc(C)n(CC3COc4ccccc4O3)c2C)cc1[N+](=O)[O-]. The first-order valence-corrected chi connectivity index (χ1v) is 10.7. The minimum Gasteiger partial charge on any atom is -0.486 e. The monoisotopic (exact) mass is 464 g/mol. The first-order valence-electron chi connectivity index (χ1n) is 10.7. The lowest BCUT2D eigenvalue weighted by atomic mass is 10.1. The van der Waals surface area contributed by atoms with Gasteiger partial charge in [0, 0.05) is 28.6 Å². The number of nitro benzene ring substituents is 1. The van der Waals surface area contributed by atoms with Gasteiger partial charge in [0.25, 0.3) is 5.69 Å². The highest BCUT2D eigenvalue weighted by molar-refractivity contribution is 6.00. The molecule has 0 amide bonds. The van der Waals surface area contributed by atoms with Crippen molar-refractivity contribution in [3.8, 4) is 11.5 Å². The number of nitrogens with zero attached hydrogens (tertiary/aromatic N) is 2. The predicted molar refractivity (Wildman–Crippen MR) is 123 cm³/mol. The van der Waals surface area contributed by atoms with Crippen LogP contribution in [0.4, 0.5) is 5.69 Å². The highest BCUT2D eigenvalue weighted by atomic mass is 16.6. The first-order chi connectivity index (χ1) is 16.2. The smallest absolute Gasteiger partial charge is 0.338 e. The lowest BCUT2D eigenvalue weighted by Crippen LogP contribution is -2.33. The highest BCUT2D eigenvalue weighted by Gasteiger charge is 2.24. The fourth-order valence-corrected chi connectivity index (χ4v) is 3.95. The van der Waals surface area contributed by atoms with Crippen LogP contribution in [0.1, 0.15) is 37.7 Å². The van der Waals surface area contributed by atoms with Crippen LogP contribution in [0.25, 0.3) is 0 Å². The molecule has 0 radical (unpaired) electrons. The maximum Gasteiger partial charge on any atom is 0.338 e. The number of hydrogen-bond donors (Lipinski definition) is 0. The van der Waals surface area contributed by atoms with Crippen molar-refractivity contribution in [3.05, 3.63) is 86.7 Å². The molecule has 0 N–H and O–H groups in total. The molecule has 1 aromatic heterocycles. The number of benzene rings is 2. The van der Waals surface area contributed by atoms with Crippen LogP contribution < -0.4 is 9.47 Å². The molecule has 3 aromatic rings. The Hall–Kier alpha value is -4.14. The molecule has 1 aliphatic rings. The van der Waals surface area contributed by atoms with Crippen molar-refractivity contribution < 1.29 is 28.7 Å². The second-order valence-corrected chi connectivity index (χ2v) is 8.15. The summed E-state index contributed by atoms with van der Waals surface area (Å²) in [6, 6.07) is 13.3. The number of nitro groups is 1. The third-order valence-electron chi connectivity index (χ3n) is 5.80. The summed E-state index contributed by atoms with van der Waals surface area (Å²) >= 11 is 0. The fourth-order valence-electron chi connectivity index (χ4n) is 3.95. The molecule has 0 saturated carbocycles. The molecule has 0 saturated heterocycles. The predicted octanol–water partition coefficient (Wildman–Crippen LogP) is 4.20. The van der Waals surface area contributed by atoms with Crippen molar-refractivity contribution >= 4 is 17.4 Å². The molecule has 0 bridgehead atoms. The van der Waals surface area contributed by atoms with Crippen molar-refractivity contribution in [2.75, 3.05) is 13.2 Å². The number of Topliss-reactive ketones (excluding diaryl/α,β-unsaturated/α-hetero) is 1. The van der Waals surface area contributed by atoms with Crippen LogP contribution in [-0.4, -0.2) is 40.6 Å². The lowest BCUT2D eigenvalue weighted by molar-refractivity contribution is -0.385. The summed E-state index contributed by atoms with van der Waals surface area (Å²) in [5, 5.41) is 11.1. The Kier molecular flexibility index (Phi) is 6.36. The number of para-hydroxylation sites is 2. The summed E-state index contributed by atoms with van der Waals surface area (Å²) in [6.07, 6.45) is -0.224. The number of rotatable bonds is 7. The Morgan fingerprint density at radius 3 is 2.59 bits per heavy atom. The Morgan fingerprint density at radius 1 is 1.12 bits per heavy atom. The van der Waals surface area contributed by atoms with Crippen LogP contribution in [0.2, 0.25) is 0 Å². The quantitative estimate of drug-likeness (QED) is 0.223. The van der Waals surface area contributed by atoms with Crippen LogP contribution in [0.5, 0.6) is 11.5 Å². The molecule has 176 valence electrons. The third-order valence-corrected chi connectivity index (χ3v) is 5.80. The number of hydrogen-bond acceptors (Lipinski definition) is 7. The lowest BCUT2D eigenvalue weighted by Gasteiger charge is -2.27. The average Bonchev–Trinajstić information content (AvgIpc) is 3.10. The Morgan fingerprint density at radius 2 is 1.85 bits per heavy atom. The molecule has 2 heterocycles. The van der Waals surface area contributed by atoms with Gasteiger partial charge in [0.1, 0.15) is 6.61 Å². The van der Waals surface area contributed by atoms with E-state index in [-0.39, 0.29) is 23.1 Å². The minimum atomic E-state index is -0.795. The maximum atomic E-state index is 12.8. The van der Waals surface area contributed by atoms with Crippen molar-refractivity contribution in [1.29, 1.82) is 0 Å². The van der Waals surface area contributed by atoms with Crippen molar-refractivity contribution in [2.24, 2.45) is 0 Å². The molecule has 2 aromatic carbocycles. The zero-order valence-electron chi connectivity index (χ0n) is 19.1. The molecular weight excluding hydrogens is 440 g/mol. The van der Waals surface area contributed by atoms with E-state index in [9.17, 15) is 19.7 Å². The van der Waals surface area contributed by atoms with Gasteiger partial charge >= 0.3 is 5.97 Å². The van der Waals surface area contributed by atoms with Gasteiger partial charge < -0.3 is 18.8 Å². The molecule has 0 spiro atoms. The highest BCUT2D eigenvalue weighted by Crippen LogP contribution is 2.31. The number of ether oxygens (including phenoxy) is 3. The van der Waals surface area contributed by atoms with E-state index in [0.717, 1.165) is 17.5 Å². The van der Waals surface area contributed by atoms with Gasteiger partial charge in [-0.25, -0.2) is 4.79 Å². The maximum absolute atomic E-state index is 12.8. The zero-order valence-corrected chi connectivity index (χ0v) is 19.1. The van der Waals surface area contributed by atoms with Gasteiger partial charge in [-0.2, -0.15) is 0 Å². The number of esters is 1. The molecule has 1 aliphatic heterocycles. The Bertz CT molecular complexity index is 1280. The third kappa shape index (κ3) is 4.63. The molecule has 9 nitrogen and oxygen atoms in total.